The van der Waals surface area contributed by atoms with Gasteiger partial charge in [-0.25, -0.2) is 9.97 Å². The summed E-state index contributed by atoms with van der Waals surface area (Å²) < 4.78 is 0. The zero-order chi connectivity index (χ0) is 19.8. The largest absolute Gasteiger partial charge is 0.353 e. The SMILES string of the molecule is CCc1cc2c(SCC(=O)NC3CC(C)(C)NC(C)(C)C3)nc(C)nc2s1. The van der Waals surface area contributed by atoms with E-state index in [-0.39, 0.29) is 23.0 Å². The Kier molecular flexibility index (Phi) is 5.85. The minimum Gasteiger partial charge on any atom is -0.353 e. The maximum atomic E-state index is 12.6. The van der Waals surface area contributed by atoms with Crippen LogP contribution in [-0.2, 0) is 11.2 Å². The third kappa shape index (κ3) is 5.21. The summed E-state index contributed by atoms with van der Waals surface area (Å²) in [4.78, 5) is 24.0. The number of amides is 1. The van der Waals surface area contributed by atoms with E-state index in [9.17, 15) is 4.79 Å². The predicted octanol–water partition coefficient (Wildman–Crippen LogP) is 4.08. The summed E-state index contributed by atoms with van der Waals surface area (Å²) in [5.41, 5.74) is 0.0476. The van der Waals surface area contributed by atoms with Crippen LogP contribution in [-0.4, -0.2) is 38.7 Å². The normalized spacial score (nSPS) is 19.3. The van der Waals surface area contributed by atoms with Crippen molar-refractivity contribution in [2.75, 3.05) is 5.75 Å². The third-order valence-electron chi connectivity index (χ3n) is 4.76. The lowest BCUT2D eigenvalue weighted by atomic mass is 9.79. The van der Waals surface area contributed by atoms with E-state index in [0.29, 0.717) is 5.75 Å². The Morgan fingerprint density at radius 3 is 2.59 bits per heavy atom. The molecule has 0 aromatic carbocycles. The Balaban J connectivity index is 1.66. The second-order valence-electron chi connectivity index (χ2n) is 8.72. The molecule has 0 unspecified atom stereocenters. The molecule has 0 radical (unpaired) electrons. The molecule has 1 amide bonds. The Hall–Kier alpha value is -1.18. The van der Waals surface area contributed by atoms with Crippen LogP contribution in [0, 0.1) is 6.92 Å². The molecule has 2 aromatic rings. The Morgan fingerprint density at radius 1 is 1.30 bits per heavy atom. The van der Waals surface area contributed by atoms with Crippen molar-refractivity contribution < 1.29 is 4.79 Å². The lowest BCUT2D eigenvalue weighted by Crippen LogP contribution is -2.62. The van der Waals surface area contributed by atoms with E-state index in [0.717, 1.165) is 40.3 Å². The first-order chi connectivity index (χ1) is 12.6. The molecule has 5 nitrogen and oxygen atoms in total. The lowest BCUT2D eigenvalue weighted by Gasteiger charge is -2.46. The van der Waals surface area contributed by atoms with E-state index < -0.39 is 0 Å². The highest BCUT2D eigenvalue weighted by atomic mass is 32.2. The van der Waals surface area contributed by atoms with Gasteiger partial charge in [0.25, 0.3) is 0 Å². The maximum Gasteiger partial charge on any atom is 0.230 e. The molecule has 1 saturated heterocycles. The number of nitrogens with one attached hydrogen (secondary N) is 2. The van der Waals surface area contributed by atoms with Crippen LogP contribution in [0.25, 0.3) is 10.2 Å². The van der Waals surface area contributed by atoms with Gasteiger partial charge < -0.3 is 10.6 Å². The van der Waals surface area contributed by atoms with Crippen molar-refractivity contribution in [2.45, 2.75) is 83.0 Å². The molecule has 27 heavy (non-hydrogen) atoms. The quantitative estimate of drug-likeness (QED) is 0.578. The van der Waals surface area contributed by atoms with Gasteiger partial charge >= 0.3 is 0 Å². The number of carbonyl (C=O) groups excluding carboxylic acids is 1. The molecule has 0 atom stereocenters. The first-order valence-corrected chi connectivity index (χ1v) is 11.4. The van der Waals surface area contributed by atoms with Crippen LogP contribution in [0.2, 0.25) is 0 Å². The molecule has 148 valence electrons. The summed E-state index contributed by atoms with van der Waals surface area (Å²) in [6, 6.07) is 2.36. The van der Waals surface area contributed by atoms with Crippen LogP contribution in [0.4, 0.5) is 0 Å². The van der Waals surface area contributed by atoms with E-state index in [1.165, 1.54) is 16.6 Å². The topological polar surface area (TPSA) is 66.9 Å². The molecule has 0 bridgehead atoms. The number of carbonyl (C=O) groups is 1. The van der Waals surface area contributed by atoms with Crippen molar-refractivity contribution in [1.82, 2.24) is 20.6 Å². The van der Waals surface area contributed by atoms with Crippen LogP contribution in [0.3, 0.4) is 0 Å². The van der Waals surface area contributed by atoms with Crippen molar-refractivity contribution in [3.63, 3.8) is 0 Å². The fourth-order valence-electron chi connectivity index (χ4n) is 4.16. The highest BCUT2D eigenvalue weighted by Gasteiger charge is 2.38. The number of fused-ring (bicyclic) bond motifs is 1. The van der Waals surface area contributed by atoms with Gasteiger partial charge in [-0.3, -0.25) is 4.79 Å². The van der Waals surface area contributed by atoms with Crippen molar-refractivity contribution in [1.29, 1.82) is 0 Å². The van der Waals surface area contributed by atoms with Gasteiger partial charge in [0.05, 0.1) is 5.75 Å². The molecule has 7 heteroatoms. The average Bonchev–Trinajstić information content (AvgIpc) is 2.92. The predicted molar refractivity (Wildman–Crippen MR) is 115 cm³/mol. The first kappa shape index (κ1) is 20.6. The van der Waals surface area contributed by atoms with Crippen LogP contribution in [0.1, 0.15) is 58.2 Å². The van der Waals surface area contributed by atoms with Gasteiger partial charge in [0.1, 0.15) is 15.7 Å². The molecule has 1 aliphatic rings. The van der Waals surface area contributed by atoms with Gasteiger partial charge in [0.15, 0.2) is 0 Å². The highest BCUT2D eigenvalue weighted by Crippen LogP contribution is 2.32. The van der Waals surface area contributed by atoms with Gasteiger partial charge in [0, 0.05) is 27.4 Å². The van der Waals surface area contributed by atoms with Crippen molar-refractivity contribution in [2.24, 2.45) is 0 Å². The van der Waals surface area contributed by atoms with Gasteiger partial charge in [-0.05, 0) is 59.9 Å². The smallest absolute Gasteiger partial charge is 0.230 e. The molecule has 1 aliphatic heterocycles. The van der Waals surface area contributed by atoms with Crippen molar-refractivity contribution in [3.05, 3.63) is 16.8 Å². The van der Waals surface area contributed by atoms with E-state index >= 15 is 0 Å². The molecule has 2 aromatic heterocycles. The minimum absolute atomic E-state index is 0.0238. The number of piperidine rings is 1. The number of thiophene rings is 1. The number of nitrogens with zero attached hydrogens (tertiary/aromatic N) is 2. The van der Waals surface area contributed by atoms with Crippen LogP contribution >= 0.6 is 23.1 Å². The van der Waals surface area contributed by atoms with Gasteiger partial charge in [-0.1, -0.05) is 18.7 Å². The number of aryl methyl sites for hydroxylation is 2. The van der Waals surface area contributed by atoms with E-state index in [4.69, 9.17) is 0 Å². The molecule has 3 rings (SSSR count). The van der Waals surface area contributed by atoms with Gasteiger partial charge in [-0.2, -0.15) is 0 Å². The molecular weight excluding hydrogens is 376 g/mol. The second-order valence-corrected chi connectivity index (χ2v) is 10.8. The monoisotopic (exact) mass is 406 g/mol. The molecule has 2 N–H and O–H groups in total. The summed E-state index contributed by atoms with van der Waals surface area (Å²) in [5.74, 6) is 1.22. The average molecular weight is 407 g/mol. The summed E-state index contributed by atoms with van der Waals surface area (Å²) in [5, 5.41) is 8.88. The third-order valence-corrected chi connectivity index (χ3v) is 6.93. The summed E-state index contributed by atoms with van der Waals surface area (Å²) in [7, 11) is 0. The number of thioether (sulfide) groups is 1. The Labute approximate surface area is 170 Å². The van der Waals surface area contributed by atoms with Gasteiger partial charge in [-0.15, -0.1) is 11.3 Å². The second kappa shape index (κ2) is 7.68. The lowest BCUT2D eigenvalue weighted by molar-refractivity contribution is -0.119. The fourth-order valence-corrected chi connectivity index (χ4v) is 6.09. The van der Waals surface area contributed by atoms with Crippen LogP contribution in [0.15, 0.2) is 11.1 Å². The van der Waals surface area contributed by atoms with Crippen molar-refractivity contribution >= 4 is 39.2 Å². The summed E-state index contributed by atoms with van der Waals surface area (Å²) in [6.07, 6.45) is 2.87. The summed E-state index contributed by atoms with van der Waals surface area (Å²) in [6.45, 7) is 12.9. The van der Waals surface area contributed by atoms with E-state index in [2.05, 4.69) is 61.3 Å². The zero-order valence-electron chi connectivity index (χ0n) is 17.1. The number of rotatable bonds is 5. The Bertz CT molecular complexity index is 828. The van der Waals surface area contributed by atoms with Crippen molar-refractivity contribution in [3.8, 4) is 0 Å². The molecule has 0 aliphatic carbocycles. The molecule has 0 spiro atoms. The minimum atomic E-state index is 0.0238. The van der Waals surface area contributed by atoms with E-state index in [1.807, 2.05) is 6.92 Å². The highest BCUT2D eigenvalue weighted by molar-refractivity contribution is 8.00. The van der Waals surface area contributed by atoms with Crippen LogP contribution in [0.5, 0.6) is 0 Å². The standard InChI is InChI=1S/C20H30N4OS2/c1-7-14-8-15-17(21-12(2)22-18(15)27-14)26-11-16(25)23-13-9-19(3,4)24-20(5,6)10-13/h8,13,24H,7,9-11H2,1-6H3,(H,23,25). The maximum absolute atomic E-state index is 12.6. The number of aromatic nitrogens is 2. The molecule has 0 saturated carbocycles. The Morgan fingerprint density at radius 2 is 1.96 bits per heavy atom. The van der Waals surface area contributed by atoms with Gasteiger partial charge in [0.2, 0.25) is 5.91 Å². The number of hydrogen-bond donors (Lipinski definition) is 2. The molecule has 3 heterocycles. The molecule has 1 fully saturated rings. The van der Waals surface area contributed by atoms with E-state index in [1.54, 1.807) is 11.3 Å². The fraction of sp³-hybridized carbons (Fsp3) is 0.650. The zero-order valence-corrected chi connectivity index (χ0v) is 18.7. The summed E-state index contributed by atoms with van der Waals surface area (Å²) >= 11 is 3.23. The first-order valence-electron chi connectivity index (χ1n) is 9.55. The number of hydrogen-bond acceptors (Lipinski definition) is 6. The molecular formula is C20H30N4OS2. The van der Waals surface area contributed by atoms with Crippen LogP contribution < -0.4 is 10.6 Å².